The highest BCUT2D eigenvalue weighted by Crippen LogP contribution is 2.53. The van der Waals surface area contributed by atoms with Crippen LogP contribution in [0.4, 0.5) is 22.0 Å². The van der Waals surface area contributed by atoms with Gasteiger partial charge >= 0.3 is 6.18 Å². The highest BCUT2D eigenvalue weighted by Gasteiger charge is 2.51. The van der Waals surface area contributed by atoms with Gasteiger partial charge in [0.15, 0.2) is 18.0 Å². The molecule has 2 aliphatic rings. The van der Waals surface area contributed by atoms with E-state index in [1.807, 2.05) is 13.8 Å². The van der Waals surface area contributed by atoms with Crippen molar-refractivity contribution in [3.63, 3.8) is 0 Å². The standard InChI is InChI=1S/C17H20F5NO2/c1-16(2)4-3-9(24)7(5-16)8-6-23-15(17(20,21)22)11-10(8)12(18)13(19)14(11)25/h6-7,9,12-14,24-25H,3-5H2,1-2H3/t7?,9?,12-,13-,14+/m1/s1. The molecule has 0 radical (unpaired) electrons. The van der Waals surface area contributed by atoms with E-state index >= 15 is 0 Å². The third kappa shape index (κ3) is 3.03. The highest BCUT2D eigenvalue weighted by molar-refractivity contribution is 5.48. The average Bonchev–Trinajstić information content (AvgIpc) is 2.73. The number of alkyl halides is 5. The summed E-state index contributed by atoms with van der Waals surface area (Å²) in [6.07, 6.45) is -10.5. The second-order valence-electron chi connectivity index (χ2n) is 7.76. The summed E-state index contributed by atoms with van der Waals surface area (Å²) in [7, 11) is 0. The Bertz CT molecular complexity index is 676. The molecule has 1 aromatic heterocycles. The number of fused-ring (bicyclic) bond motifs is 1. The van der Waals surface area contributed by atoms with Gasteiger partial charge in [-0.15, -0.1) is 0 Å². The molecule has 25 heavy (non-hydrogen) atoms. The van der Waals surface area contributed by atoms with Gasteiger partial charge in [0, 0.05) is 23.2 Å². The summed E-state index contributed by atoms with van der Waals surface area (Å²) in [6, 6.07) is 0. The topological polar surface area (TPSA) is 53.4 Å². The molecule has 8 heteroatoms. The smallest absolute Gasteiger partial charge is 0.392 e. The summed E-state index contributed by atoms with van der Waals surface area (Å²) in [5.74, 6) is -0.650. The maximum atomic E-state index is 14.5. The number of halogens is 5. The fourth-order valence-electron chi connectivity index (χ4n) is 4.05. The molecule has 0 aromatic carbocycles. The van der Waals surface area contributed by atoms with Crippen LogP contribution in [0, 0.1) is 5.41 Å². The Balaban J connectivity index is 2.17. The molecule has 1 fully saturated rings. The Morgan fingerprint density at radius 1 is 1.16 bits per heavy atom. The van der Waals surface area contributed by atoms with Gasteiger partial charge in [0.25, 0.3) is 0 Å². The second-order valence-corrected chi connectivity index (χ2v) is 7.76. The number of rotatable bonds is 1. The van der Waals surface area contributed by atoms with Gasteiger partial charge in [-0.05, 0) is 30.2 Å². The number of hydrogen-bond acceptors (Lipinski definition) is 3. The average molecular weight is 365 g/mol. The van der Waals surface area contributed by atoms with E-state index in [4.69, 9.17) is 0 Å². The van der Waals surface area contributed by atoms with Crippen LogP contribution in [0.15, 0.2) is 6.20 Å². The molecule has 2 aliphatic carbocycles. The molecule has 1 aromatic rings. The monoisotopic (exact) mass is 365 g/mol. The van der Waals surface area contributed by atoms with Crippen molar-refractivity contribution in [3.05, 3.63) is 28.6 Å². The van der Waals surface area contributed by atoms with Gasteiger partial charge in [-0.2, -0.15) is 13.2 Å². The molecule has 1 saturated carbocycles. The van der Waals surface area contributed by atoms with Crippen molar-refractivity contribution in [2.75, 3.05) is 0 Å². The van der Waals surface area contributed by atoms with Gasteiger partial charge in [-0.25, -0.2) is 8.78 Å². The lowest BCUT2D eigenvalue weighted by atomic mass is 9.68. The Morgan fingerprint density at radius 3 is 2.40 bits per heavy atom. The van der Waals surface area contributed by atoms with Crippen molar-refractivity contribution in [3.8, 4) is 0 Å². The summed E-state index contributed by atoms with van der Waals surface area (Å²) in [4.78, 5) is 3.37. The number of aliphatic hydroxyl groups excluding tert-OH is 2. The summed E-state index contributed by atoms with van der Waals surface area (Å²) in [6.45, 7) is 3.90. The molecule has 0 saturated heterocycles. The van der Waals surface area contributed by atoms with Crippen LogP contribution in [0.25, 0.3) is 0 Å². The first-order valence-corrected chi connectivity index (χ1v) is 8.18. The van der Waals surface area contributed by atoms with Crippen LogP contribution < -0.4 is 0 Å². The third-order valence-corrected chi connectivity index (χ3v) is 5.36. The molecule has 1 heterocycles. The van der Waals surface area contributed by atoms with Gasteiger partial charge in [-0.3, -0.25) is 4.98 Å². The molecular weight excluding hydrogens is 345 g/mol. The minimum atomic E-state index is -4.93. The van der Waals surface area contributed by atoms with Crippen LogP contribution in [0.2, 0.25) is 0 Å². The van der Waals surface area contributed by atoms with Gasteiger partial charge in [-0.1, -0.05) is 13.8 Å². The summed E-state index contributed by atoms with van der Waals surface area (Å²) in [5.41, 5.74) is -2.93. The molecule has 0 amide bonds. The fourth-order valence-corrected chi connectivity index (χ4v) is 4.05. The van der Waals surface area contributed by atoms with E-state index in [-0.39, 0.29) is 11.0 Å². The van der Waals surface area contributed by atoms with Crippen LogP contribution in [0.3, 0.4) is 0 Å². The van der Waals surface area contributed by atoms with Crippen molar-refractivity contribution in [1.82, 2.24) is 4.98 Å². The minimum absolute atomic E-state index is 0.0648. The van der Waals surface area contributed by atoms with Crippen LogP contribution >= 0.6 is 0 Å². The molecule has 2 N–H and O–H groups in total. The maximum absolute atomic E-state index is 14.5. The first-order chi connectivity index (χ1) is 11.4. The van der Waals surface area contributed by atoms with Crippen molar-refractivity contribution in [1.29, 1.82) is 0 Å². The third-order valence-electron chi connectivity index (χ3n) is 5.36. The number of aromatic nitrogens is 1. The number of nitrogens with zero attached hydrogens (tertiary/aromatic N) is 1. The van der Waals surface area contributed by atoms with Gasteiger partial charge < -0.3 is 10.2 Å². The molecule has 5 atom stereocenters. The van der Waals surface area contributed by atoms with Crippen molar-refractivity contribution >= 4 is 0 Å². The lowest BCUT2D eigenvalue weighted by Gasteiger charge is -2.39. The largest absolute Gasteiger partial charge is 0.433 e. The number of pyridine rings is 1. The van der Waals surface area contributed by atoms with Crippen molar-refractivity contribution in [2.24, 2.45) is 5.41 Å². The fraction of sp³-hybridized carbons (Fsp3) is 0.706. The SMILES string of the molecule is CC1(C)CCC(O)C(c2cnc(C(F)(F)F)c3c2[C@@H](F)[C@@H](F)[C@H]3O)C1. The molecule has 0 bridgehead atoms. The van der Waals surface area contributed by atoms with Crippen LogP contribution in [-0.2, 0) is 6.18 Å². The summed E-state index contributed by atoms with van der Waals surface area (Å²) >= 11 is 0. The predicted octanol–water partition coefficient (Wildman–Crippen LogP) is 4.15. The molecule has 0 spiro atoms. The van der Waals surface area contributed by atoms with E-state index in [1.165, 1.54) is 0 Å². The summed E-state index contributed by atoms with van der Waals surface area (Å²) in [5, 5.41) is 20.1. The van der Waals surface area contributed by atoms with E-state index in [1.54, 1.807) is 0 Å². The molecule has 140 valence electrons. The lowest BCUT2D eigenvalue weighted by molar-refractivity contribution is -0.143. The van der Waals surface area contributed by atoms with Crippen molar-refractivity contribution in [2.45, 2.75) is 69.8 Å². The van der Waals surface area contributed by atoms with E-state index in [9.17, 15) is 32.2 Å². The molecule has 0 aliphatic heterocycles. The zero-order chi connectivity index (χ0) is 18.7. The molecular formula is C17H20F5NO2. The zero-order valence-electron chi connectivity index (χ0n) is 13.8. The molecule has 3 rings (SSSR count). The Hall–Kier alpha value is -1.28. The predicted molar refractivity (Wildman–Crippen MR) is 79.3 cm³/mol. The zero-order valence-corrected chi connectivity index (χ0v) is 13.8. The van der Waals surface area contributed by atoms with E-state index in [0.29, 0.717) is 19.3 Å². The van der Waals surface area contributed by atoms with E-state index < -0.39 is 53.5 Å². The van der Waals surface area contributed by atoms with E-state index in [2.05, 4.69) is 4.98 Å². The Morgan fingerprint density at radius 2 is 1.80 bits per heavy atom. The van der Waals surface area contributed by atoms with Crippen LogP contribution in [0.1, 0.15) is 73.7 Å². The second kappa shape index (κ2) is 5.87. The quantitative estimate of drug-likeness (QED) is 0.735. The Kier molecular flexibility index (Phi) is 4.35. The van der Waals surface area contributed by atoms with Gasteiger partial charge in [0.2, 0.25) is 0 Å². The Labute approximate surface area is 141 Å². The number of hydrogen-bond donors (Lipinski definition) is 2. The first-order valence-electron chi connectivity index (χ1n) is 8.18. The maximum Gasteiger partial charge on any atom is 0.433 e. The normalized spacial score (nSPS) is 34.8. The first kappa shape index (κ1) is 18.5. The van der Waals surface area contributed by atoms with Crippen LogP contribution in [-0.4, -0.2) is 27.5 Å². The van der Waals surface area contributed by atoms with Gasteiger partial charge in [0.05, 0.1) is 6.10 Å². The van der Waals surface area contributed by atoms with Crippen molar-refractivity contribution < 1.29 is 32.2 Å². The van der Waals surface area contributed by atoms with E-state index in [0.717, 1.165) is 6.20 Å². The van der Waals surface area contributed by atoms with Gasteiger partial charge in [0.1, 0.15) is 6.10 Å². The lowest BCUT2D eigenvalue weighted by Crippen LogP contribution is -2.33. The molecule has 3 nitrogen and oxygen atoms in total. The minimum Gasteiger partial charge on any atom is -0.392 e. The van der Waals surface area contributed by atoms with Crippen LogP contribution in [0.5, 0.6) is 0 Å². The number of aliphatic hydroxyl groups is 2. The highest BCUT2D eigenvalue weighted by atomic mass is 19.4. The molecule has 2 unspecified atom stereocenters. The summed E-state index contributed by atoms with van der Waals surface area (Å²) < 4.78 is 68.0.